The Bertz CT molecular complexity index is 373. The molecule has 1 heterocycles. The molecule has 1 aliphatic heterocycles. The van der Waals surface area contributed by atoms with E-state index in [4.69, 9.17) is 10.8 Å². The summed E-state index contributed by atoms with van der Waals surface area (Å²) in [5, 5.41) is 11.6. The van der Waals surface area contributed by atoms with Gasteiger partial charge in [-0.05, 0) is 38.6 Å². The Morgan fingerprint density at radius 3 is 2.65 bits per heavy atom. The first-order valence-electron chi connectivity index (χ1n) is 6.97. The Morgan fingerprint density at radius 1 is 1.40 bits per heavy atom. The Hall–Kier alpha value is -1.63. The molecule has 0 radical (unpaired) electrons. The summed E-state index contributed by atoms with van der Waals surface area (Å²) in [4.78, 5) is 36.1. The zero-order valence-electron chi connectivity index (χ0n) is 11.8. The molecule has 1 rings (SSSR count). The first kappa shape index (κ1) is 16.4. The average molecular weight is 285 g/mol. The van der Waals surface area contributed by atoms with Gasteiger partial charge in [-0.15, -0.1) is 0 Å². The van der Waals surface area contributed by atoms with Gasteiger partial charge in [-0.1, -0.05) is 0 Å². The summed E-state index contributed by atoms with van der Waals surface area (Å²) in [7, 11) is 0. The maximum Gasteiger partial charge on any atom is 0.326 e. The molecular formula is C13H23N3O4. The van der Waals surface area contributed by atoms with Gasteiger partial charge < -0.3 is 21.1 Å². The van der Waals surface area contributed by atoms with E-state index in [1.54, 1.807) is 0 Å². The monoisotopic (exact) mass is 285 g/mol. The van der Waals surface area contributed by atoms with E-state index in [0.29, 0.717) is 32.4 Å². The van der Waals surface area contributed by atoms with E-state index in [1.165, 1.54) is 11.8 Å². The van der Waals surface area contributed by atoms with Crippen molar-refractivity contribution in [3.63, 3.8) is 0 Å². The maximum atomic E-state index is 12.1. The molecule has 0 saturated carbocycles. The number of nitrogens with one attached hydrogen (secondary N) is 1. The van der Waals surface area contributed by atoms with Gasteiger partial charge in [0.05, 0.1) is 0 Å². The molecule has 0 aromatic carbocycles. The highest BCUT2D eigenvalue weighted by Gasteiger charge is 2.34. The lowest BCUT2D eigenvalue weighted by Crippen LogP contribution is -2.50. The molecule has 1 fully saturated rings. The average Bonchev–Trinajstić information content (AvgIpc) is 2.86. The predicted octanol–water partition coefficient (Wildman–Crippen LogP) is -0.304. The Morgan fingerprint density at radius 2 is 2.10 bits per heavy atom. The molecule has 1 saturated heterocycles. The van der Waals surface area contributed by atoms with Gasteiger partial charge in [0.2, 0.25) is 11.8 Å². The van der Waals surface area contributed by atoms with Crippen molar-refractivity contribution in [2.24, 2.45) is 5.73 Å². The molecule has 114 valence electrons. The summed E-state index contributed by atoms with van der Waals surface area (Å²) in [6.45, 7) is 2.47. The molecule has 7 heteroatoms. The summed E-state index contributed by atoms with van der Waals surface area (Å²) in [5.41, 5.74) is 5.36. The summed E-state index contributed by atoms with van der Waals surface area (Å²) in [6.07, 6.45) is 3.08. The molecule has 0 aliphatic carbocycles. The molecule has 1 aliphatic rings. The number of carbonyl (C=O) groups is 3. The van der Waals surface area contributed by atoms with E-state index in [-0.39, 0.29) is 11.8 Å². The van der Waals surface area contributed by atoms with Crippen molar-refractivity contribution in [1.29, 1.82) is 0 Å². The van der Waals surface area contributed by atoms with Crippen molar-refractivity contribution in [1.82, 2.24) is 10.2 Å². The molecular weight excluding hydrogens is 262 g/mol. The van der Waals surface area contributed by atoms with Crippen LogP contribution in [0.5, 0.6) is 0 Å². The zero-order valence-corrected chi connectivity index (χ0v) is 11.8. The molecule has 0 bridgehead atoms. The molecule has 20 heavy (non-hydrogen) atoms. The first-order valence-corrected chi connectivity index (χ1v) is 6.97. The van der Waals surface area contributed by atoms with Crippen LogP contribution < -0.4 is 11.1 Å². The lowest BCUT2D eigenvalue weighted by Gasteiger charge is -2.24. The second-order valence-corrected chi connectivity index (χ2v) is 5.05. The quantitative estimate of drug-likeness (QED) is 0.556. The first-order chi connectivity index (χ1) is 9.47. The SMILES string of the molecule is CC(=O)N1CCC[C@H]1C(=O)N[C@@H](CCCCN)C(=O)O. The third-order valence-electron chi connectivity index (χ3n) is 3.52. The van der Waals surface area contributed by atoms with Crippen LogP contribution in [0.1, 0.15) is 39.0 Å². The molecule has 0 aromatic heterocycles. The number of likely N-dealkylation sites (tertiary alicyclic amines) is 1. The summed E-state index contributed by atoms with van der Waals surface area (Å²) >= 11 is 0. The highest BCUT2D eigenvalue weighted by Crippen LogP contribution is 2.17. The van der Waals surface area contributed by atoms with Gasteiger partial charge in [-0.2, -0.15) is 0 Å². The van der Waals surface area contributed by atoms with Crippen molar-refractivity contribution >= 4 is 17.8 Å². The number of amides is 2. The number of nitrogens with zero attached hydrogens (tertiary/aromatic N) is 1. The van der Waals surface area contributed by atoms with Crippen LogP contribution in [0.4, 0.5) is 0 Å². The fraction of sp³-hybridized carbons (Fsp3) is 0.769. The van der Waals surface area contributed by atoms with Gasteiger partial charge in [0.1, 0.15) is 12.1 Å². The normalized spacial score (nSPS) is 19.7. The molecule has 4 N–H and O–H groups in total. The number of hydrogen-bond acceptors (Lipinski definition) is 4. The second-order valence-electron chi connectivity index (χ2n) is 5.05. The van der Waals surface area contributed by atoms with Crippen LogP contribution in [0.2, 0.25) is 0 Å². The fourth-order valence-electron chi connectivity index (χ4n) is 2.43. The van der Waals surface area contributed by atoms with Crippen LogP contribution in [-0.4, -0.2) is 53.0 Å². The lowest BCUT2D eigenvalue weighted by atomic mass is 10.1. The number of nitrogens with two attached hydrogens (primary N) is 1. The van der Waals surface area contributed by atoms with Crippen molar-refractivity contribution < 1.29 is 19.5 Å². The number of unbranched alkanes of at least 4 members (excludes halogenated alkanes) is 1. The van der Waals surface area contributed by atoms with Crippen molar-refractivity contribution in [2.75, 3.05) is 13.1 Å². The standard InChI is InChI=1S/C13H23N3O4/c1-9(17)16-8-4-6-11(16)12(18)15-10(13(19)20)5-2-3-7-14/h10-11H,2-8,14H2,1H3,(H,15,18)(H,19,20)/t10-,11-/m0/s1. The van der Waals surface area contributed by atoms with E-state index in [9.17, 15) is 14.4 Å². The number of carboxylic acids is 1. The number of rotatable bonds is 7. The third-order valence-corrected chi connectivity index (χ3v) is 3.52. The minimum absolute atomic E-state index is 0.155. The van der Waals surface area contributed by atoms with Gasteiger partial charge >= 0.3 is 5.97 Å². The van der Waals surface area contributed by atoms with Gasteiger partial charge in [-0.3, -0.25) is 9.59 Å². The summed E-state index contributed by atoms with van der Waals surface area (Å²) < 4.78 is 0. The van der Waals surface area contributed by atoms with Crippen LogP contribution in [0.3, 0.4) is 0 Å². The van der Waals surface area contributed by atoms with Crippen LogP contribution in [0, 0.1) is 0 Å². The smallest absolute Gasteiger partial charge is 0.326 e. The lowest BCUT2D eigenvalue weighted by molar-refractivity contribution is -0.143. The highest BCUT2D eigenvalue weighted by atomic mass is 16.4. The minimum Gasteiger partial charge on any atom is -0.480 e. The summed E-state index contributed by atoms with van der Waals surface area (Å²) in [5.74, 6) is -1.58. The molecule has 2 atom stereocenters. The summed E-state index contributed by atoms with van der Waals surface area (Å²) in [6, 6.07) is -1.45. The van der Waals surface area contributed by atoms with Crippen LogP contribution in [0.15, 0.2) is 0 Å². The highest BCUT2D eigenvalue weighted by molar-refractivity contribution is 5.90. The topological polar surface area (TPSA) is 113 Å². The van der Waals surface area contributed by atoms with E-state index >= 15 is 0 Å². The van der Waals surface area contributed by atoms with Gasteiger partial charge in [0.25, 0.3) is 0 Å². The fourth-order valence-corrected chi connectivity index (χ4v) is 2.43. The van der Waals surface area contributed by atoms with Crippen LogP contribution >= 0.6 is 0 Å². The molecule has 0 aromatic rings. The largest absolute Gasteiger partial charge is 0.480 e. The number of carboxylic acid groups (broad SMARTS) is 1. The molecule has 2 amide bonds. The van der Waals surface area contributed by atoms with Gasteiger partial charge in [-0.25, -0.2) is 4.79 Å². The van der Waals surface area contributed by atoms with Crippen molar-refractivity contribution in [3.8, 4) is 0 Å². The van der Waals surface area contributed by atoms with Gasteiger partial charge in [0.15, 0.2) is 0 Å². The van der Waals surface area contributed by atoms with E-state index < -0.39 is 18.1 Å². The van der Waals surface area contributed by atoms with Gasteiger partial charge in [0, 0.05) is 13.5 Å². The number of hydrogen-bond donors (Lipinski definition) is 3. The maximum absolute atomic E-state index is 12.1. The third kappa shape index (κ3) is 4.48. The van der Waals surface area contributed by atoms with E-state index in [0.717, 1.165) is 12.8 Å². The molecule has 0 spiro atoms. The van der Waals surface area contributed by atoms with E-state index in [1.807, 2.05) is 0 Å². The van der Waals surface area contributed by atoms with Crippen molar-refractivity contribution in [3.05, 3.63) is 0 Å². The predicted molar refractivity (Wildman–Crippen MR) is 72.9 cm³/mol. The molecule has 0 unspecified atom stereocenters. The molecule has 7 nitrogen and oxygen atoms in total. The van der Waals surface area contributed by atoms with E-state index in [2.05, 4.69) is 5.32 Å². The Kier molecular flexibility index (Phi) is 6.44. The van der Waals surface area contributed by atoms with Crippen LogP contribution in [-0.2, 0) is 14.4 Å². The van der Waals surface area contributed by atoms with Crippen LogP contribution in [0.25, 0.3) is 0 Å². The second kappa shape index (κ2) is 7.84. The minimum atomic E-state index is -1.05. The van der Waals surface area contributed by atoms with Crippen molar-refractivity contribution in [2.45, 2.75) is 51.1 Å². The number of carbonyl (C=O) groups excluding carboxylic acids is 2. The Labute approximate surface area is 118 Å². The Balaban J connectivity index is 2.56. The zero-order chi connectivity index (χ0) is 15.1. The number of aliphatic carboxylic acids is 1.